The van der Waals surface area contributed by atoms with E-state index in [1.54, 1.807) is 0 Å². The highest BCUT2D eigenvalue weighted by Crippen LogP contribution is 2.44. The van der Waals surface area contributed by atoms with Crippen molar-refractivity contribution < 1.29 is 9.53 Å². The Morgan fingerprint density at radius 2 is 1.71 bits per heavy atom. The van der Waals surface area contributed by atoms with Crippen LogP contribution >= 0.6 is 15.9 Å². The molecule has 1 atom stereocenters. The molecule has 1 saturated heterocycles. The van der Waals surface area contributed by atoms with Gasteiger partial charge >= 0.3 is 0 Å². The number of ether oxygens (including phenoxy) is 1. The number of carbonyl (C=O) groups excluding carboxylic acids is 1. The van der Waals surface area contributed by atoms with Gasteiger partial charge in [0, 0.05) is 23.2 Å². The van der Waals surface area contributed by atoms with Gasteiger partial charge in [0.05, 0.1) is 24.7 Å². The summed E-state index contributed by atoms with van der Waals surface area (Å²) in [6.07, 6.45) is 2.94. The van der Waals surface area contributed by atoms with Gasteiger partial charge in [-0.3, -0.25) is 4.79 Å². The van der Waals surface area contributed by atoms with Gasteiger partial charge in [-0.2, -0.15) is 0 Å². The van der Waals surface area contributed by atoms with Crippen LogP contribution in [0, 0.1) is 0 Å². The number of morpholine rings is 1. The molecule has 1 saturated carbocycles. The normalized spacial score (nSPS) is 19.6. The van der Waals surface area contributed by atoms with Gasteiger partial charge in [0.2, 0.25) is 5.91 Å². The smallest absolute Gasteiger partial charge is 0.231 e. The fraction of sp³-hybridized carbons (Fsp3) is 0.435. The van der Waals surface area contributed by atoms with Crippen molar-refractivity contribution in [1.82, 2.24) is 5.32 Å². The van der Waals surface area contributed by atoms with Crippen molar-refractivity contribution in [2.75, 3.05) is 31.2 Å². The highest BCUT2D eigenvalue weighted by molar-refractivity contribution is 9.10. The summed E-state index contributed by atoms with van der Waals surface area (Å²) in [5, 5.41) is 3.27. The molecule has 4 nitrogen and oxygen atoms in total. The molecule has 1 unspecified atom stereocenters. The number of hydrogen-bond donors (Lipinski definition) is 1. The summed E-state index contributed by atoms with van der Waals surface area (Å²) in [6, 6.07) is 16.7. The van der Waals surface area contributed by atoms with Crippen LogP contribution in [0.15, 0.2) is 53.0 Å². The van der Waals surface area contributed by atoms with Crippen LogP contribution in [0.1, 0.15) is 43.4 Å². The maximum absolute atomic E-state index is 13.2. The van der Waals surface area contributed by atoms with E-state index in [9.17, 15) is 4.79 Å². The number of amides is 1. The molecule has 0 radical (unpaired) electrons. The van der Waals surface area contributed by atoms with Gasteiger partial charge in [-0.15, -0.1) is 0 Å². The standard InChI is InChI=1S/C23H27BrN2O2/c1-17(18-3-9-21(10-4-18)26-13-15-28-16-14-26)25-22(27)23(11-2-12-23)19-5-7-20(24)8-6-19/h3-10,17H,2,11-16H2,1H3,(H,25,27). The second-order valence-electron chi connectivity index (χ2n) is 7.83. The third-order valence-corrected chi connectivity index (χ3v) is 6.68. The van der Waals surface area contributed by atoms with Crippen LogP contribution in [0.5, 0.6) is 0 Å². The zero-order valence-electron chi connectivity index (χ0n) is 16.3. The van der Waals surface area contributed by atoms with E-state index in [0.717, 1.165) is 61.2 Å². The first-order valence-corrected chi connectivity index (χ1v) is 10.9. The third-order valence-electron chi connectivity index (χ3n) is 6.16. The topological polar surface area (TPSA) is 41.6 Å². The second kappa shape index (κ2) is 8.26. The molecule has 1 aliphatic carbocycles. The van der Waals surface area contributed by atoms with Gasteiger partial charge in [0.25, 0.3) is 0 Å². The first-order chi connectivity index (χ1) is 13.6. The van der Waals surface area contributed by atoms with Crippen LogP contribution in [0.2, 0.25) is 0 Å². The first kappa shape index (κ1) is 19.5. The maximum Gasteiger partial charge on any atom is 0.231 e. The minimum absolute atomic E-state index is 0.0147. The Labute approximate surface area is 175 Å². The lowest BCUT2D eigenvalue weighted by Crippen LogP contribution is -2.49. The molecule has 0 bridgehead atoms. The average molecular weight is 443 g/mol. The Morgan fingerprint density at radius 1 is 1.07 bits per heavy atom. The van der Waals surface area contributed by atoms with E-state index >= 15 is 0 Å². The summed E-state index contributed by atoms with van der Waals surface area (Å²) in [7, 11) is 0. The lowest BCUT2D eigenvalue weighted by atomic mass is 9.63. The van der Waals surface area contributed by atoms with Gasteiger partial charge in [0.15, 0.2) is 0 Å². The summed E-state index contributed by atoms with van der Waals surface area (Å²) in [5.74, 6) is 0.144. The number of nitrogens with zero attached hydrogens (tertiary/aromatic N) is 1. The molecule has 148 valence electrons. The summed E-state index contributed by atoms with van der Waals surface area (Å²) in [5.41, 5.74) is 3.10. The molecule has 1 heterocycles. The van der Waals surface area contributed by atoms with Crippen LogP contribution < -0.4 is 10.2 Å². The molecule has 2 fully saturated rings. The zero-order chi connectivity index (χ0) is 19.6. The van der Waals surface area contributed by atoms with Crippen molar-refractivity contribution in [3.8, 4) is 0 Å². The molecule has 2 aromatic rings. The van der Waals surface area contributed by atoms with Crippen LogP contribution in [0.25, 0.3) is 0 Å². The van der Waals surface area contributed by atoms with E-state index < -0.39 is 0 Å². The number of rotatable bonds is 5. The monoisotopic (exact) mass is 442 g/mol. The van der Waals surface area contributed by atoms with E-state index in [4.69, 9.17) is 4.74 Å². The number of nitrogens with one attached hydrogen (secondary N) is 1. The Morgan fingerprint density at radius 3 is 2.29 bits per heavy atom. The molecular weight excluding hydrogens is 416 g/mol. The molecule has 5 heteroatoms. The van der Waals surface area contributed by atoms with Gasteiger partial charge < -0.3 is 15.0 Å². The minimum atomic E-state index is -0.372. The summed E-state index contributed by atoms with van der Waals surface area (Å²) < 4.78 is 6.47. The average Bonchev–Trinajstić information content (AvgIpc) is 2.69. The molecular formula is C23H27BrN2O2. The van der Waals surface area contributed by atoms with Crippen molar-refractivity contribution in [3.63, 3.8) is 0 Å². The highest BCUT2D eigenvalue weighted by Gasteiger charge is 2.45. The Balaban J connectivity index is 1.44. The first-order valence-electron chi connectivity index (χ1n) is 10.1. The van der Waals surface area contributed by atoms with Crippen molar-refractivity contribution in [3.05, 3.63) is 64.1 Å². The Hall–Kier alpha value is -1.85. The molecule has 28 heavy (non-hydrogen) atoms. The molecule has 2 aliphatic rings. The molecule has 1 amide bonds. The number of hydrogen-bond acceptors (Lipinski definition) is 3. The largest absolute Gasteiger partial charge is 0.378 e. The van der Waals surface area contributed by atoms with Gasteiger partial charge in [-0.1, -0.05) is 46.6 Å². The maximum atomic E-state index is 13.2. The molecule has 0 aromatic heterocycles. The van der Waals surface area contributed by atoms with Crippen molar-refractivity contribution in [1.29, 1.82) is 0 Å². The van der Waals surface area contributed by atoms with E-state index in [1.165, 1.54) is 5.69 Å². The van der Waals surface area contributed by atoms with Crippen LogP contribution in [0.3, 0.4) is 0 Å². The van der Waals surface area contributed by atoms with E-state index in [1.807, 2.05) is 12.1 Å². The summed E-state index contributed by atoms with van der Waals surface area (Å²) >= 11 is 3.48. The van der Waals surface area contributed by atoms with Gasteiger partial charge in [-0.05, 0) is 55.2 Å². The third kappa shape index (κ3) is 3.83. The molecule has 2 aromatic carbocycles. The predicted molar refractivity (Wildman–Crippen MR) is 116 cm³/mol. The summed E-state index contributed by atoms with van der Waals surface area (Å²) in [6.45, 7) is 5.50. The van der Waals surface area contributed by atoms with E-state index in [0.29, 0.717) is 0 Å². The number of anilines is 1. The summed E-state index contributed by atoms with van der Waals surface area (Å²) in [4.78, 5) is 15.5. The Kier molecular flexibility index (Phi) is 5.74. The van der Waals surface area contributed by atoms with Crippen LogP contribution in [-0.4, -0.2) is 32.2 Å². The van der Waals surface area contributed by atoms with Crippen molar-refractivity contribution in [2.45, 2.75) is 37.6 Å². The minimum Gasteiger partial charge on any atom is -0.378 e. The SMILES string of the molecule is CC(NC(=O)C1(c2ccc(Br)cc2)CCC1)c1ccc(N2CCOCC2)cc1. The van der Waals surface area contributed by atoms with Gasteiger partial charge in [0.1, 0.15) is 0 Å². The fourth-order valence-electron chi connectivity index (χ4n) is 4.16. The number of halogens is 1. The van der Waals surface area contributed by atoms with Crippen LogP contribution in [-0.2, 0) is 14.9 Å². The molecule has 1 aliphatic heterocycles. The molecule has 0 spiro atoms. The number of benzene rings is 2. The van der Waals surface area contributed by atoms with Crippen molar-refractivity contribution in [2.24, 2.45) is 0 Å². The van der Waals surface area contributed by atoms with E-state index in [-0.39, 0.29) is 17.4 Å². The molecule has 1 N–H and O–H groups in total. The lowest BCUT2D eigenvalue weighted by Gasteiger charge is -2.41. The second-order valence-corrected chi connectivity index (χ2v) is 8.74. The predicted octanol–water partition coefficient (Wildman–Crippen LogP) is 4.58. The molecule has 4 rings (SSSR count). The Bertz CT molecular complexity index is 810. The zero-order valence-corrected chi connectivity index (χ0v) is 17.9. The lowest BCUT2D eigenvalue weighted by molar-refractivity contribution is -0.130. The van der Waals surface area contributed by atoms with Gasteiger partial charge in [-0.25, -0.2) is 0 Å². The van der Waals surface area contributed by atoms with E-state index in [2.05, 4.69) is 69.5 Å². The van der Waals surface area contributed by atoms with Crippen LogP contribution in [0.4, 0.5) is 5.69 Å². The highest BCUT2D eigenvalue weighted by atomic mass is 79.9. The fourth-order valence-corrected chi connectivity index (χ4v) is 4.42. The number of carbonyl (C=O) groups is 1. The van der Waals surface area contributed by atoms with Crippen molar-refractivity contribution >= 4 is 27.5 Å². The quantitative estimate of drug-likeness (QED) is 0.736.